The summed E-state index contributed by atoms with van der Waals surface area (Å²) in [6.45, 7) is -0.221. The smallest absolute Gasteiger partial charge is 0.325 e. The molecule has 5 atom stereocenters. The second-order valence-electron chi connectivity index (χ2n) is 9.63. The summed E-state index contributed by atoms with van der Waals surface area (Å²) in [6, 6.07) is 14.8. The molecule has 1 amide bonds. The molecule has 2 aliphatic carbocycles. The molecule has 6 rings (SSSR count). The number of carbonyl (C=O) groups is 1. The van der Waals surface area contributed by atoms with E-state index in [-0.39, 0.29) is 23.0 Å². The minimum atomic E-state index is -4.50. The van der Waals surface area contributed by atoms with Crippen molar-refractivity contribution in [3.8, 4) is 0 Å². The van der Waals surface area contributed by atoms with Gasteiger partial charge in [0.05, 0.1) is 10.6 Å². The highest BCUT2D eigenvalue weighted by atomic mass is 32.2. The van der Waals surface area contributed by atoms with Gasteiger partial charge in [0.25, 0.3) is 0 Å². The molecule has 3 aromatic rings. The maximum atomic E-state index is 13.1. The van der Waals surface area contributed by atoms with Crippen LogP contribution in [0.3, 0.4) is 0 Å². The lowest BCUT2D eigenvalue weighted by Crippen LogP contribution is -2.34. The molecule has 2 fully saturated rings. The van der Waals surface area contributed by atoms with Crippen LogP contribution in [0, 0.1) is 17.8 Å². The van der Waals surface area contributed by atoms with E-state index < -0.39 is 17.6 Å². The molecule has 2 aromatic carbocycles. The Labute approximate surface area is 208 Å². The topological polar surface area (TPSA) is 51.1 Å². The van der Waals surface area contributed by atoms with E-state index >= 15 is 0 Å². The number of halogens is 3. The number of alkyl halides is 3. The van der Waals surface area contributed by atoms with Gasteiger partial charge in [0.15, 0.2) is 0 Å². The van der Waals surface area contributed by atoms with Crippen LogP contribution in [0.4, 0.5) is 18.9 Å². The van der Waals surface area contributed by atoms with E-state index in [1.807, 2.05) is 18.2 Å². The van der Waals surface area contributed by atoms with Crippen molar-refractivity contribution >= 4 is 34.7 Å². The third-order valence-electron chi connectivity index (χ3n) is 7.62. The number of benzene rings is 2. The SMILES string of the molecule is O=C(Cn1c2c(sc1=O)C(c1ccccc1)C1C3CCC(C3)C1S2)Nc1cccc(C(F)(F)F)c1. The van der Waals surface area contributed by atoms with Crippen LogP contribution in [0.2, 0.25) is 0 Å². The largest absolute Gasteiger partial charge is 0.416 e. The Morgan fingerprint density at radius 2 is 1.83 bits per heavy atom. The average Bonchev–Trinajstić information content (AvgIpc) is 3.52. The van der Waals surface area contributed by atoms with Crippen LogP contribution in [-0.4, -0.2) is 15.7 Å². The molecule has 9 heteroatoms. The van der Waals surface area contributed by atoms with E-state index in [0.717, 1.165) is 22.0 Å². The van der Waals surface area contributed by atoms with Crippen molar-refractivity contribution in [1.29, 1.82) is 0 Å². The fourth-order valence-electron chi connectivity index (χ4n) is 6.24. The van der Waals surface area contributed by atoms with Gasteiger partial charge in [-0.1, -0.05) is 47.7 Å². The summed E-state index contributed by atoms with van der Waals surface area (Å²) >= 11 is 2.94. The molecule has 2 heterocycles. The van der Waals surface area contributed by atoms with Crippen molar-refractivity contribution in [3.63, 3.8) is 0 Å². The predicted molar refractivity (Wildman–Crippen MR) is 131 cm³/mol. The zero-order chi connectivity index (χ0) is 24.3. The number of carbonyl (C=O) groups excluding carboxylic acids is 1. The number of hydrogen-bond donors (Lipinski definition) is 1. The maximum Gasteiger partial charge on any atom is 0.416 e. The van der Waals surface area contributed by atoms with E-state index in [2.05, 4.69) is 17.4 Å². The Balaban J connectivity index is 1.32. The number of hydrogen-bond acceptors (Lipinski definition) is 4. The Morgan fingerprint density at radius 1 is 1.06 bits per heavy atom. The highest BCUT2D eigenvalue weighted by Crippen LogP contribution is 2.63. The number of nitrogens with one attached hydrogen (secondary N) is 1. The molecule has 182 valence electrons. The Hall–Kier alpha value is -2.52. The third kappa shape index (κ3) is 4.02. The number of rotatable bonds is 4. The first-order chi connectivity index (χ1) is 16.8. The number of thioether (sulfide) groups is 1. The molecular weight excluding hydrogens is 493 g/mol. The molecular formula is C26H23F3N2O2S2. The molecule has 0 spiro atoms. The Kier molecular flexibility index (Phi) is 5.60. The van der Waals surface area contributed by atoms with Gasteiger partial charge in [0.2, 0.25) is 5.91 Å². The van der Waals surface area contributed by atoms with Crippen LogP contribution in [0.25, 0.3) is 0 Å². The van der Waals surface area contributed by atoms with Gasteiger partial charge in [-0.25, -0.2) is 0 Å². The number of nitrogens with zero attached hydrogens (tertiary/aromatic N) is 1. The van der Waals surface area contributed by atoms with E-state index in [1.54, 1.807) is 11.8 Å². The number of fused-ring (bicyclic) bond motifs is 6. The standard InChI is InChI=1S/C26H23F3N2O2S2/c27-26(28,29)17-7-4-8-18(12-17)30-19(32)13-31-24-23(35-25(31)33)20(14-5-2-1-3-6-14)21-15-9-10-16(11-15)22(21)34-24/h1-8,12,15-16,20-22H,9-11,13H2,(H,30,32). The normalized spacial score (nSPS) is 26.9. The van der Waals surface area contributed by atoms with E-state index in [9.17, 15) is 22.8 Å². The van der Waals surface area contributed by atoms with Crippen molar-refractivity contribution in [2.24, 2.45) is 17.8 Å². The molecule has 1 aromatic heterocycles. The van der Waals surface area contributed by atoms with Gasteiger partial charge in [0, 0.05) is 21.7 Å². The van der Waals surface area contributed by atoms with Gasteiger partial charge in [-0.05, 0) is 60.8 Å². The zero-order valence-electron chi connectivity index (χ0n) is 18.6. The Morgan fingerprint density at radius 3 is 2.60 bits per heavy atom. The number of thiazole rings is 1. The number of anilines is 1. The van der Waals surface area contributed by atoms with Crippen LogP contribution >= 0.6 is 23.1 Å². The summed E-state index contributed by atoms with van der Waals surface area (Å²) in [5, 5.41) is 3.80. The molecule has 1 N–H and O–H groups in total. The summed E-state index contributed by atoms with van der Waals surface area (Å²) in [7, 11) is 0. The van der Waals surface area contributed by atoms with Crippen LogP contribution in [-0.2, 0) is 17.5 Å². The van der Waals surface area contributed by atoms with E-state index in [4.69, 9.17) is 0 Å². The van der Waals surface area contributed by atoms with Crippen molar-refractivity contribution in [3.05, 3.63) is 80.3 Å². The first-order valence-electron chi connectivity index (χ1n) is 11.7. The summed E-state index contributed by atoms with van der Waals surface area (Å²) in [5.74, 6) is 1.39. The Bertz CT molecular complexity index is 1330. The van der Waals surface area contributed by atoms with Gasteiger partial charge in [-0.2, -0.15) is 13.2 Å². The van der Waals surface area contributed by atoms with Gasteiger partial charge >= 0.3 is 11.0 Å². The minimum Gasteiger partial charge on any atom is -0.325 e. The van der Waals surface area contributed by atoms with Gasteiger partial charge in [-0.15, -0.1) is 11.8 Å². The lowest BCUT2D eigenvalue weighted by Gasteiger charge is -2.40. The zero-order valence-corrected chi connectivity index (χ0v) is 20.3. The van der Waals surface area contributed by atoms with Crippen LogP contribution in [0.1, 0.15) is 41.2 Å². The summed E-state index contributed by atoms with van der Waals surface area (Å²) < 4.78 is 40.6. The third-order valence-corrected chi connectivity index (χ3v) is 10.5. The van der Waals surface area contributed by atoms with Crippen molar-refractivity contribution in [1.82, 2.24) is 4.57 Å². The van der Waals surface area contributed by atoms with E-state index in [0.29, 0.717) is 23.0 Å². The quantitative estimate of drug-likeness (QED) is 0.448. The van der Waals surface area contributed by atoms with Crippen molar-refractivity contribution in [2.75, 3.05) is 5.32 Å². The highest BCUT2D eigenvalue weighted by Gasteiger charge is 2.55. The molecule has 35 heavy (non-hydrogen) atoms. The average molecular weight is 517 g/mol. The van der Waals surface area contributed by atoms with Crippen molar-refractivity contribution < 1.29 is 18.0 Å². The van der Waals surface area contributed by atoms with E-state index in [1.165, 1.54) is 52.9 Å². The summed E-state index contributed by atoms with van der Waals surface area (Å²) in [4.78, 5) is 26.7. The summed E-state index contributed by atoms with van der Waals surface area (Å²) in [6.07, 6.45) is -0.828. The molecule has 0 saturated heterocycles. The molecule has 1 aliphatic heterocycles. The fraction of sp³-hybridized carbons (Fsp3) is 0.385. The molecule has 0 radical (unpaired) electrons. The van der Waals surface area contributed by atoms with Crippen LogP contribution in [0.5, 0.6) is 0 Å². The molecule has 4 nitrogen and oxygen atoms in total. The molecule has 2 bridgehead atoms. The molecule has 2 saturated carbocycles. The van der Waals surface area contributed by atoms with Crippen molar-refractivity contribution in [2.45, 2.75) is 48.2 Å². The molecule has 3 aliphatic rings. The molecule has 5 unspecified atom stereocenters. The maximum absolute atomic E-state index is 13.1. The lowest BCUT2D eigenvalue weighted by molar-refractivity contribution is -0.137. The monoisotopic (exact) mass is 516 g/mol. The first-order valence-corrected chi connectivity index (χ1v) is 13.4. The lowest BCUT2D eigenvalue weighted by atomic mass is 9.75. The number of amides is 1. The fourth-order valence-corrected chi connectivity index (χ4v) is 9.39. The second-order valence-corrected chi connectivity index (χ2v) is 11.8. The predicted octanol–water partition coefficient (Wildman–Crippen LogP) is 6.22. The number of aromatic nitrogens is 1. The summed E-state index contributed by atoms with van der Waals surface area (Å²) in [5.41, 5.74) is 0.437. The first kappa shape index (κ1) is 22.9. The van der Waals surface area contributed by atoms with Crippen LogP contribution in [0.15, 0.2) is 64.4 Å². The van der Waals surface area contributed by atoms with Gasteiger partial charge in [-0.3, -0.25) is 14.2 Å². The second kappa shape index (κ2) is 8.55. The highest BCUT2D eigenvalue weighted by molar-refractivity contribution is 8.00. The van der Waals surface area contributed by atoms with Gasteiger partial charge in [0.1, 0.15) is 6.54 Å². The van der Waals surface area contributed by atoms with Crippen LogP contribution < -0.4 is 10.2 Å². The van der Waals surface area contributed by atoms with Gasteiger partial charge < -0.3 is 5.32 Å². The minimum absolute atomic E-state index is 0.0601.